The molecule has 1 fully saturated rings. The van der Waals surface area contributed by atoms with Crippen LogP contribution in [0.4, 0.5) is 0 Å². The first kappa shape index (κ1) is 14.5. The van der Waals surface area contributed by atoms with E-state index in [1.807, 2.05) is 30.3 Å². The zero-order valence-corrected chi connectivity index (χ0v) is 12.0. The summed E-state index contributed by atoms with van der Waals surface area (Å²) in [5.74, 6) is -0.897. The van der Waals surface area contributed by atoms with Gasteiger partial charge in [-0.2, -0.15) is 5.26 Å². The number of amides is 1. The lowest BCUT2D eigenvalue weighted by molar-refractivity contribution is -0.122. The Kier molecular flexibility index (Phi) is 4.75. The summed E-state index contributed by atoms with van der Waals surface area (Å²) in [4.78, 5) is 14.6. The third-order valence-corrected chi connectivity index (χ3v) is 4.08. The molecule has 0 spiro atoms. The van der Waals surface area contributed by atoms with Crippen LogP contribution < -0.4 is 5.32 Å². The minimum atomic E-state index is -0.717. The minimum absolute atomic E-state index is 0.174. The molecular weight excluding hydrogens is 250 g/mol. The standard InChI is InChI=1S/C16H21N3O/c1-12-10-14(8-9-19(12)2)18-16(20)15(11-17)13-6-4-3-5-7-13/h3-7,12,14-15H,8-10H2,1-2H3,(H,18,20). The first-order valence-electron chi connectivity index (χ1n) is 7.07. The summed E-state index contributed by atoms with van der Waals surface area (Å²) in [6.07, 6.45) is 1.88. The van der Waals surface area contributed by atoms with E-state index in [4.69, 9.17) is 0 Å². The van der Waals surface area contributed by atoms with E-state index in [2.05, 4.69) is 30.3 Å². The lowest BCUT2D eigenvalue weighted by Crippen LogP contribution is -2.48. The summed E-state index contributed by atoms with van der Waals surface area (Å²) < 4.78 is 0. The van der Waals surface area contributed by atoms with E-state index in [1.165, 1.54) is 0 Å². The Bertz CT molecular complexity index is 494. The van der Waals surface area contributed by atoms with Crippen LogP contribution in [-0.4, -0.2) is 36.5 Å². The fraction of sp³-hybridized carbons (Fsp3) is 0.500. The first-order chi connectivity index (χ1) is 9.61. The van der Waals surface area contributed by atoms with E-state index in [9.17, 15) is 10.1 Å². The van der Waals surface area contributed by atoms with Crippen molar-refractivity contribution < 1.29 is 4.79 Å². The van der Waals surface area contributed by atoms with E-state index in [0.717, 1.165) is 24.9 Å². The topological polar surface area (TPSA) is 56.1 Å². The zero-order chi connectivity index (χ0) is 14.5. The fourth-order valence-corrected chi connectivity index (χ4v) is 2.64. The molecule has 0 radical (unpaired) electrons. The number of benzene rings is 1. The molecule has 0 aliphatic carbocycles. The van der Waals surface area contributed by atoms with Crippen LogP contribution in [0.5, 0.6) is 0 Å². The third-order valence-electron chi connectivity index (χ3n) is 4.08. The second-order valence-corrected chi connectivity index (χ2v) is 5.53. The van der Waals surface area contributed by atoms with Gasteiger partial charge in [-0.3, -0.25) is 4.79 Å². The number of piperidine rings is 1. The van der Waals surface area contributed by atoms with Crippen molar-refractivity contribution in [3.63, 3.8) is 0 Å². The number of nitrogens with zero attached hydrogens (tertiary/aromatic N) is 2. The Labute approximate surface area is 120 Å². The summed E-state index contributed by atoms with van der Waals surface area (Å²) >= 11 is 0. The number of hydrogen-bond acceptors (Lipinski definition) is 3. The highest BCUT2D eigenvalue weighted by molar-refractivity contribution is 5.86. The summed E-state index contributed by atoms with van der Waals surface area (Å²) in [6.45, 7) is 3.14. The average Bonchev–Trinajstić information content (AvgIpc) is 2.45. The lowest BCUT2D eigenvalue weighted by Gasteiger charge is -2.35. The molecule has 3 atom stereocenters. The van der Waals surface area contributed by atoms with E-state index < -0.39 is 5.92 Å². The first-order valence-corrected chi connectivity index (χ1v) is 7.07. The number of likely N-dealkylation sites (tertiary alicyclic amines) is 1. The largest absolute Gasteiger partial charge is 0.352 e. The molecule has 1 aromatic rings. The Morgan fingerprint density at radius 2 is 2.15 bits per heavy atom. The summed E-state index contributed by atoms with van der Waals surface area (Å²) in [6, 6.07) is 12.0. The normalized spacial score (nSPS) is 24.6. The molecule has 0 aromatic heterocycles. The molecular formula is C16H21N3O. The second-order valence-electron chi connectivity index (χ2n) is 5.53. The third kappa shape index (κ3) is 3.37. The Hall–Kier alpha value is -1.86. The molecule has 20 heavy (non-hydrogen) atoms. The van der Waals surface area contributed by atoms with Crippen LogP contribution in [0, 0.1) is 11.3 Å². The van der Waals surface area contributed by atoms with Gasteiger partial charge < -0.3 is 10.2 Å². The highest BCUT2D eigenvalue weighted by atomic mass is 16.1. The molecule has 2 rings (SSSR count). The highest BCUT2D eigenvalue weighted by Crippen LogP contribution is 2.18. The van der Waals surface area contributed by atoms with Gasteiger partial charge in [0, 0.05) is 18.6 Å². The summed E-state index contributed by atoms with van der Waals surface area (Å²) in [7, 11) is 2.10. The van der Waals surface area contributed by atoms with Gasteiger partial charge in [-0.25, -0.2) is 0 Å². The van der Waals surface area contributed by atoms with Crippen LogP contribution in [0.3, 0.4) is 0 Å². The van der Waals surface area contributed by atoms with Gasteiger partial charge in [-0.05, 0) is 32.4 Å². The fourth-order valence-electron chi connectivity index (χ4n) is 2.64. The van der Waals surface area contributed by atoms with Crippen molar-refractivity contribution in [3.05, 3.63) is 35.9 Å². The molecule has 1 aliphatic heterocycles. The molecule has 1 heterocycles. The molecule has 1 aliphatic rings. The van der Waals surface area contributed by atoms with Crippen LogP contribution in [0.25, 0.3) is 0 Å². The van der Waals surface area contributed by atoms with Gasteiger partial charge in [-0.15, -0.1) is 0 Å². The second kappa shape index (κ2) is 6.53. The quantitative estimate of drug-likeness (QED) is 0.913. The number of hydrogen-bond donors (Lipinski definition) is 1. The molecule has 106 valence electrons. The predicted molar refractivity (Wildman–Crippen MR) is 78.1 cm³/mol. The Balaban J connectivity index is 1.99. The number of nitrogens with one attached hydrogen (secondary N) is 1. The van der Waals surface area contributed by atoms with Gasteiger partial charge in [0.05, 0.1) is 6.07 Å². The monoisotopic (exact) mass is 271 g/mol. The van der Waals surface area contributed by atoms with Gasteiger partial charge in [0.25, 0.3) is 0 Å². The van der Waals surface area contributed by atoms with Crippen LogP contribution in [-0.2, 0) is 4.79 Å². The van der Waals surface area contributed by atoms with Crippen molar-refractivity contribution in [1.29, 1.82) is 5.26 Å². The minimum Gasteiger partial charge on any atom is -0.352 e. The zero-order valence-electron chi connectivity index (χ0n) is 12.0. The van der Waals surface area contributed by atoms with Crippen LogP contribution in [0.2, 0.25) is 0 Å². The van der Waals surface area contributed by atoms with E-state index in [1.54, 1.807) is 0 Å². The maximum atomic E-state index is 12.3. The van der Waals surface area contributed by atoms with Crippen molar-refractivity contribution in [2.45, 2.75) is 37.8 Å². The summed E-state index contributed by atoms with van der Waals surface area (Å²) in [5.41, 5.74) is 0.758. The van der Waals surface area contributed by atoms with E-state index in [-0.39, 0.29) is 11.9 Å². The highest BCUT2D eigenvalue weighted by Gasteiger charge is 2.27. The predicted octanol–water partition coefficient (Wildman–Crippen LogP) is 1.89. The molecule has 1 saturated heterocycles. The van der Waals surface area contributed by atoms with Crippen molar-refractivity contribution in [2.24, 2.45) is 0 Å². The number of nitriles is 1. The molecule has 1 N–H and O–H groups in total. The Morgan fingerprint density at radius 1 is 1.45 bits per heavy atom. The summed E-state index contributed by atoms with van der Waals surface area (Å²) in [5, 5.41) is 12.3. The van der Waals surface area contributed by atoms with Gasteiger partial charge >= 0.3 is 0 Å². The van der Waals surface area contributed by atoms with Gasteiger partial charge in [0.1, 0.15) is 5.92 Å². The molecule has 1 aromatic carbocycles. The Morgan fingerprint density at radius 3 is 2.75 bits per heavy atom. The maximum Gasteiger partial charge on any atom is 0.242 e. The van der Waals surface area contributed by atoms with Crippen LogP contribution >= 0.6 is 0 Å². The molecule has 0 saturated carbocycles. The van der Waals surface area contributed by atoms with Crippen LogP contribution in [0.15, 0.2) is 30.3 Å². The SMILES string of the molecule is CC1CC(NC(=O)C(C#N)c2ccccc2)CCN1C. The molecule has 1 amide bonds. The van der Waals surface area contributed by atoms with Crippen molar-refractivity contribution >= 4 is 5.91 Å². The molecule has 0 bridgehead atoms. The van der Waals surface area contributed by atoms with E-state index >= 15 is 0 Å². The van der Waals surface area contributed by atoms with Gasteiger partial charge in [0.2, 0.25) is 5.91 Å². The van der Waals surface area contributed by atoms with Crippen molar-refractivity contribution in [2.75, 3.05) is 13.6 Å². The van der Waals surface area contributed by atoms with Crippen molar-refractivity contribution in [1.82, 2.24) is 10.2 Å². The van der Waals surface area contributed by atoms with Gasteiger partial charge in [-0.1, -0.05) is 30.3 Å². The van der Waals surface area contributed by atoms with Gasteiger partial charge in [0.15, 0.2) is 0 Å². The maximum absolute atomic E-state index is 12.3. The van der Waals surface area contributed by atoms with Crippen molar-refractivity contribution in [3.8, 4) is 6.07 Å². The number of carbonyl (C=O) groups is 1. The molecule has 3 unspecified atom stereocenters. The average molecular weight is 271 g/mol. The van der Waals surface area contributed by atoms with E-state index in [0.29, 0.717) is 6.04 Å². The number of carbonyl (C=O) groups excluding carboxylic acids is 1. The van der Waals surface area contributed by atoms with Crippen LogP contribution in [0.1, 0.15) is 31.2 Å². The lowest BCUT2D eigenvalue weighted by atomic mass is 9.96. The molecule has 4 nitrogen and oxygen atoms in total. The number of rotatable bonds is 3. The molecule has 4 heteroatoms. The smallest absolute Gasteiger partial charge is 0.242 e.